The summed E-state index contributed by atoms with van der Waals surface area (Å²) in [5.41, 5.74) is 1.35. The molecule has 1 saturated heterocycles. The molecule has 1 aliphatic heterocycles. The van der Waals surface area contributed by atoms with Gasteiger partial charge in [-0.1, -0.05) is 35.6 Å². The van der Waals surface area contributed by atoms with E-state index in [4.69, 9.17) is 0 Å². The first-order chi connectivity index (χ1) is 14.4. The van der Waals surface area contributed by atoms with Crippen LogP contribution in [0, 0.1) is 0 Å². The zero-order valence-electron chi connectivity index (χ0n) is 15.6. The number of nitrogens with one attached hydrogen (secondary N) is 2. The Hall–Kier alpha value is -3.31. The fourth-order valence-electron chi connectivity index (χ4n) is 2.98. The highest BCUT2D eigenvalue weighted by molar-refractivity contribution is 7.94. The SMILES string of the molecule is O=C(Nc1nnc(S(=O)(=O)Nc2cccc(N3CCCC3=O)c2)s1)c1ccccc1. The van der Waals surface area contributed by atoms with E-state index >= 15 is 0 Å². The maximum Gasteiger partial charge on any atom is 0.291 e. The van der Waals surface area contributed by atoms with E-state index in [2.05, 4.69) is 20.2 Å². The van der Waals surface area contributed by atoms with E-state index in [1.165, 1.54) is 0 Å². The smallest absolute Gasteiger partial charge is 0.291 e. The van der Waals surface area contributed by atoms with Crippen molar-refractivity contribution in [3.05, 3.63) is 60.2 Å². The maximum absolute atomic E-state index is 12.7. The largest absolute Gasteiger partial charge is 0.312 e. The lowest BCUT2D eigenvalue weighted by atomic mass is 10.2. The average Bonchev–Trinajstić information content (AvgIpc) is 3.38. The lowest BCUT2D eigenvalue weighted by molar-refractivity contribution is -0.117. The lowest BCUT2D eigenvalue weighted by Gasteiger charge is -2.16. The van der Waals surface area contributed by atoms with Gasteiger partial charge >= 0.3 is 0 Å². The first kappa shape index (κ1) is 20.0. The molecule has 0 spiro atoms. The van der Waals surface area contributed by atoms with Gasteiger partial charge < -0.3 is 4.90 Å². The maximum atomic E-state index is 12.7. The number of aromatic nitrogens is 2. The minimum absolute atomic E-state index is 0.0120. The van der Waals surface area contributed by atoms with Crippen molar-refractivity contribution in [2.45, 2.75) is 17.2 Å². The lowest BCUT2D eigenvalue weighted by Crippen LogP contribution is -2.23. The Morgan fingerprint density at radius 1 is 1.07 bits per heavy atom. The number of benzene rings is 2. The Balaban J connectivity index is 1.48. The summed E-state index contributed by atoms with van der Waals surface area (Å²) >= 11 is 0.743. The standard InChI is InChI=1S/C19H17N5O4S2/c25-16-10-5-11-24(16)15-9-4-8-14(12-15)23-30(27,28)19-22-21-18(29-19)20-17(26)13-6-2-1-3-7-13/h1-4,6-9,12,23H,5,10-11H2,(H,20,21,26). The molecule has 0 atom stereocenters. The van der Waals surface area contributed by atoms with Crippen LogP contribution < -0.4 is 14.9 Å². The van der Waals surface area contributed by atoms with Crippen molar-refractivity contribution < 1.29 is 18.0 Å². The van der Waals surface area contributed by atoms with Crippen LogP contribution in [0.15, 0.2) is 58.9 Å². The third-order valence-electron chi connectivity index (χ3n) is 4.38. The summed E-state index contributed by atoms with van der Waals surface area (Å²) in [6, 6.07) is 15.1. The summed E-state index contributed by atoms with van der Waals surface area (Å²) in [5, 5.41) is 10.0. The van der Waals surface area contributed by atoms with Crippen LogP contribution in [0.5, 0.6) is 0 Å². The van der Waals surface area contributed by atoms with Gasteiger partial charge in [0.15, 0.2) is 0 Å². The minimum Gasteiger partial charge on any atom is -0.312 e. The molecule has 11 heteroatoms. The predicted molar refractivity (Wildman–Crippen MR) is 113 cm³/mol. The van der Waals surface area contributed by atoms with Gasteiger partial charge in [-0.05, 0) is 36.8 Å². The van der Waals surface area contributed by atoms with E-state index in [9.17, 15) is 18.0 Å². The Morgan fingerprint density at radius 3 is 2.60 bits per heavy atom. The van der Waals surface area contributed by atoms with Gasteiger partial charge in [-0.3, -0.25) is 19.6 Å². The number of amides is 2. The molecule has 154 valence electrons. The monoisotopic (exact) mass is 443 g/mol. The highest BCUT2D eigenvalue weighted by atomic mass is 32.2. The number of hydrogen-bond acceptors (Lipinski definition) is 7. The molecular weight excluding hydrogens is 426 g/mol. The van der Waals surface area contributed by atoms with Gasteiger partial charge in [0.2, 0.25) is 11.0 Å². The van der Waals surface area contributed by atoms with Crippen LogP contribution in [0.3, 0.4) is 0 Å². The highest BCUT2D eigenvalue weighted by Crippen LogP contribution is 2.27. The van der Waals surface area contributed by atoms with Crippen molar-refractivity contribution in [2.75, 3.05) is 21.5 Å². The fraction of sp³-hybridized carbons (Fsp3) is 0.158. The number of carbonyl (C=O) groups excluding carboxylic acids is 2. The summed E-state index contributed by atoms with van der Waals surface area (Å²) in [4.78, 5) is 25.7. The van der Waals surface area contributed by atoms with Crippen LogP contribution in [-0.4, -0.2) is 37.0 Å². The molecule has 3 aromatic rings. The molecule has 0 unspecified atom stereocenters. The van der Waals surface area contributed by atoms with Gasteiger partial charge in [0, 0.05) is 24.2 Å². The highest BCUT2D eigenvalue weighted by Gasteiger charge is 2.24. The summed E-state index contributed by atoms with van der Waals surface area (Å²) in [5.74, 6) is -0.399. The Kier molecular flexibility index (Phi) is 5.46. The van der Waals surface area contributed by atoms with Crippen molar-refractivity contribution in [2.24, 2.45) is 0 Å². The van der Waals surface area contributed by atoms with Crippen LogP contribution in [0.4, 0.5) is 16.5 Å². The Bertz CT molecular complexity index is 1190. The molecule has 0 bridgehead atoms. The molecule has 9 nitrogen and oxygen atoms in total. The van der Waals surface area contributed by atoms with Crippen molar-refractivity contribution in [1.29, 1.82) is 0 Å². The quantitative estimate of drug-likeness (QED) is 0.565. The number of anilines is 3. The van der Waals surface area contributed by atoms with E-state index in [-0.39, 0.29) is 15.4 Å². The molecule has 0 aliphatic carbocycles. The number of carbonyl (C=O) groups is 2. The minimum atomic E-state index is -4.01. The zero-order valence-corrected chi connectivity index (χ0v) is 17.2. The number of sulfonamides is 1. The van der Waals surface area contributed by atoms with Gasteiger partial charge in [-0.15, -0.1) is 10.2 Å². The van der Waals surface area contributed by atoms with Crippen LogP contribution in [0.25, 0.3) is 0 Å². The Morgan fingerprint density at radius 2 is 1.87 bits per heavy atom. The number of rotatable bonds is 6. The van der Waals surface area contributed by atoms with Crippen LogP contribution >= 0.6 is 11.3 Å². The van der Waals surface area contributed by atoms with Crippen LogP contribution in [-0.2, 0) is 14.8 Å². The normalized spacial score (nSPS) is 14.0. The molecule has 2 amide bonds. The molecule has 4 rings (SSSR count). The average molecular weight is 444 g/mol. The second kappa shape index (κ2) is 8.20. The van der Waals surface area contributed by atoms with Gasteiger partial charge in [0.05, 0.1) is 5.69 Å². The van der Waals surface area contributed by atoms with Crippen molar-refractivity contribution in [3.63, 3.8) is 0 Å². The molecule has 1 fully saturated rings. The molecule has 30 heavy (non-hydrogen) atoms. The van der Waals surface area contributed by atoms with Gasteiger partial charge in [0.1, 0.15) is 0 Å². The van der Waals surface area contributed by atoms with Crippen LogP contribution in [0.1, 0.15) is 23.2 Å². The van der Waals surface area contributed by atoms with E-state index in [0.717, 1.165) is 17.8 Å². The third kappa shape index (κ3) is 4.31. The number of nitrogens with zero attached hydrogens (tertiary/aromatic N) is 3. The fourth-order valence-corrected chi connectivity index (χ4v) is 4.93. The van der Waals surface area contributed by atoms with Crippen LogP contribution in [0.2, 0.25) is 0 Å². The molecule has 1 aliphatic rings. The third-order valence-corrected chi connectivity index (χ3v) is 6.96. The second-order valence-corrected chi connectivity index (χ2v) is 9.33. The van der Waals surface area contributed by atoms with Gasteiger partial charge in [-0.25, -0.2) is 0 Å². The molecule has 1 aromatic heterocycles. The predicted octanol–water partition coefficient (Wildman–Crippen LogP) is 2.72. The summed E-state index contributed by atoms with van der Waals surface area (Å²) in [7, 11) is -4.01. The summed E-state index contributed by atoms with van der Waals surface area (Å²) in [6.07, 6.45) is 1.26. The topological polar surface area (TPSA) is 121 Å². The number of hydrogen-bond donors (Lipinski definition) is 2. The van der Waals surface area contributed by atoms with Gasteiger partial charge in [0.25, 0.3) is 20.3 Å². The van der Waals surface area contributed by atoms with Crippen molar-refractivity contribution in [3.8, 4) is 0 Å². The second-order valence-electron chi connectivity index (χ2n) is 6.50. The molecule has 2 heterocycles. The molecular formula is C19H17N5O4S2. The summed E-state index contributed by atoms with van der Waals surface area (Å²) in [6.45, 7) is 0.607. The molecule has 0 saturated carbocycles. The van der Waals surface area contributed by atoms with Crippen molar-refractivity contribution >= 4 is 49.7 Å². The zero-order chi connectivity index (χ0) is 21.1. The molecule has 2 N–H and O–H groups in total. The van der Waals surface area contributed by atoms with Gasteiger partial charge in [-0.2, -0.15) is 8.42 Å². The molecule has 2 aromatic carbocycles. The first-order valence-electron chi connectivity index (χ1n) is 9.05. The van der Waals surface area contributed by atoms with E-state index in [1.54, 1.807) is 59.5 Å². The van der Waals surface area contributed by atoms with Crippen molar-refractivity contribution in [1.82, 2.24) is 10.2 Å². The van der Waals surface area contributed by atoms with E-state index in [1.807, 2.05) is 0 Å². The first-order valence-corrected chi connectivity index (χ1v) is 11.4. The molecule has 0 radical (unpaired) electrons. The Labute approximate surface area is 176 Å². The summed E-state index contributed by atoms with van der Waals surface area (Å²) < 4.78 is 27.5. The van der Waals surface area contributed by atoms with E-state index in [0.29, 0.717) is 29.9 Å². The van der Waals surface area contributed by atoms with E-state index < -0.39 is 15.9 Å².